The predicted molar refractivity (Wildman–Crippen MR) is 109 cm³/mol. The van der Waals surface area contributed by atoms with Gasteiger partial charge >= 0.3 is 0 Å². The number of guanidine groups is 1. The van der Waals surface area contributed by atoms with Gasteiger partial charge in [0.05, 0.1) is 32.0 Å². The van der Waals surface area contributed by atoms with Crippen molar-refractivity contribution in [3.8, 4) is 0 Å². The fraction of sp³-hybridized carbons (Fsp3) is 0.765. The number of nitrogens with one attached hydrogen (secondary N) is 1. The topological polar surface area (TPSA) is 63.9 Å². The average Bonchev–Trinajstić information content (AvgIpc) is 3.26. The van der Waals surface area contributed by atoms with Crippen molar-refractivity contribution in [2.75, 3.05) is 39.4 Å². The van der Waals surface area contributed by atoms with E-state index in [2.05, 4.69) is 29.2 Å². The number of hydrogen-bond acceptors (Lipinski definition) is 4. The molecule has 0 aliphatic carbocycles. The Morgan fingerprint density at radius 2 is 2.20 bits per heavy atom. The third-order valence-electron chi connectivity index (χ3n) is 4.46. The number of aliphatic imine (C=N–C) groups is 1. The van der Waals surface area contributed by atoms with Crippen LogP contribution in [0.4, 0.5) is 0 Å². The van der Waals surface area contributed by atoms with E-state index >= 15 is 0 Å². The third-order valence-corrected chi connectivity index (χ3v) is 4.46. The molecule has 2 fully saturated rings. The molecule has 7 nitrogen and oxygen atoms in total. The quantitative estimate of drug-likeness (QED) is 0.409. The molecule has 0 radical (unpaired) electrons. The summed E-state index contributed by atoms with van der Waals surface area (Å²) in [7, 11) is 0. The molecule has 0 saturated carbocycles. The lowest BCUT2D eigenvalue weighted by molar-refractivity contribution is -0.0817. The van der Waals surface area contributed by atoms with Gasteiger partial charge in [0, 0.05) is 32.4 Å². The van der Waals surface area contributed by atoms with E-state index in [1.807, 2.05) is 17.1 Å². The number of nitrogens with zero attached hydrogens (tertiary/aromatic N) is 4. The molecular weight excluding hydrogens is 433 g/mol. The van der Waals surface area contributed by atoms with Crippen molar-refractivity contribution in [2.45, 2.75) is 45.4 Å². The Morgan fingerprint density at radius 3 is 2.88 bits per heavy atom. The SMILES string of the molecule is CCNC(=NCCn1cc(C)cn1)N1CCOC(C2CCCO2)C1.I. The van der Waals surface area contributed by atoms with E-state index < -0.39 is 0 Å². The number of halogens is 1. The molecule has 25 heavy (non-hydrogen) atoms. The maximum absolute atomic E-state index is 5.93. The summed E-state index contributed by atoms with van der Waals surface area (Å²) >= 11 is 0. The summed E-state index contributed by atoms with van der Waals surface area (Å²) in [6.45, 7) is 9.83. The van der Waals surface area contributed by atoms with Gasteiger partial charge in [0.2, 0.25) is 0 Å². The molecule has 2 unspecified atom stereocenters. The summed E-state index contributed by atoms with van der Waals surface area (Å²) in [6, 6.07) is 0. The monoisotopic (exact) mass is 463 g/mol. The largest absolute Gasteiger partial charge is 0.375 e. The molecule has 2 aliphatic heterocycles. The highest BCUT2D eigenvalue weighted by atomic mass is 127. The average molecular weight is 463 g/mol. The minimum Gasteiger partial charge on any atom is -0.375 e. The van der Waals surface area contributed by atoms with Gasteiger partial charge in [0.25, 0.3) is 0 Å². The van der Waals surface area contributed by atoms with Gasteiger partial charge in [-0.25, -0.2) is 0 Å². The van der Waals surface area contributed by atoms with Crippen molar-refractivity contribution < 1.29 is 9.47 Å². The van der Waals surface area contributed by atoms with Crippen LogP contribution in [0, 0.1) is 6.92 Å². The highest BCUT2D eigenvalue weighted by molar-refractivity contribution is 14.0. The van der Waals surface area contributed by atoms with Crippen LogP contribution in [0.3, 0.4) is 0 Å². The number of rotatable bonds is 5. The van der Waals surface area contributed by atoms with Crippen molar-refractivity contribution in [1.82, 2.24) is 20.0 Å². The molecule has 0 spiro atoms. The number of morpholine rings is 1. The summed E-state index contributed by atoms with van der Waals surface area (Å²) in [5, 5.41) is 7.72. The van der Waals surface area contributed by atoms with Crippen molar-refractivity contribution >= 4 is 29.9 Å². The number of aryl methyl sites for hydroxylation is 1. The van der Waals surface area contributed by atoms with Crippen molar-refractivity contribution in [1.29, 1.82) is 0 Å². The maximum atomic E-state index is 5.93. The van der Waals surface area contributed by atoms with Gasteiger partial charge in [-0.3, -0.25) is 9.67 Å². The Labute approximate surface area is 167 Å². The predicted octanol–water partition coefficient (Wildman–Crippen LogP) is 1.65. The van der Waals surface area contributed by atoms with E-state index in [4.69, 9.17) is 14.5 Å². The van der Waals surface area contributed by atoms with Gasteiger partial charge in [0.1, 0.15) is 6.10 Å². The zero-order chi connectivity index (χ0) is 16.8. The summed E-state index contributed by atoms with van der Waals surface area (Å²) in [4.78, 5) is 7.08. The van der Waals surface area contributed by atoms with Crippen molar-refractivity contribution in [3.05, 3.63) is 18.0 Å². The first-order valence-electron chi connectivity index (χ1n) is 9.02. The fourth-order valence-corrected chi connectivity index (χ4v) is 3.26. The van der Waals surface area contributed by atoms with Gasteiger partial charge in [-0.1, -0.05) is 0 Å². The van der Waals surface area contributed by atoms with Crippen molar-refractivity contribution in [2.24, 2.45) is 4.99 Å². The van der Waals surface area contributed by atoms with E-state index in [1.165, 1.54) is 5.56 Å². The molecule has 3 rings (SSSR count). The van der Waals surface area contributed by atoms with Gasteiger partial charge in [0.15, 0.2) is 5.96 Å². The van der Waals surface area contributed by atoms with Crippen LogP contribution >= 0.6 is 24.0 Å². The number of ether oxygens (including phenoxy) is 2. The van der Waals surface area contributed by atoms with Crippen molar-refractivity contribution in [3.63, 3.8) is 0 Å². The van der Waals surface area contributed by atoms with Crippen LogP contribution in [0.1, 0.15) is 25.3 Å². The first-order chi connectivity index (χ1) is 11.8. The van der Waals surface area contributed by atoms with Gasteiger partial charge in [-0.05, 0) is 32.3 Å². The first kappa shape index (κ1) is 20.4. The summed E-state index contributed by atoms with van der Waals surface area (Å²) in [5.41, 5.74) is 1.18. The molecule has 3 heterocycles. The minimum atomic E-state index is 0. The lowest BCUT2D eigenvalue weighted by atomic mass is 10.1. The highest BCUT2D eigenvalue weighted by Crippen LogP contribution is 2.21. The maximum Gasteiger partial charge on any atom is 0.194 e. The Hall–Kier alpha value is -0.870. The molecular formula is C17H30IN5O2. The van der Waals surface area contributed by atoms with Crippen LogP contribution in [0.2, 0.25) is 0 Å². The molecule has 1 aromatic rings. The molecule has 0 bridgehead atoms. The second-order valence-corrected chi connectivity index (χ2v) is 6.42. The summed E-state index contributed by atoms with van der Waals surface area (Å²) in [5.74, 6) is 0.965. The van der Waals surface area contributed by atoms with Crippen LogP contribution in [-0.2, 0) is 16.0 Å². The summed E-state index contributed by atoms with van der Waals surface area (Å²) < 4.78 is 13.7. The standard InChI is InChI=1S/C17H29N5O2.HI/c1-3-18-17(19-6-7-22-12-14(2)11-20-22)21-8-10-24-16(13-21)15-5-4-9-23-15;/h11-12,15-16H,3-10,13H2,1-2H3,(H,18,19);1H. The Morgan fingerprint density at radius 1 is 1.36 bits per heavy atom. The Bertz CT molecular complexity index is 545. The number of hydrogen-bond donors (Lipinski definition) is 1. The van der Waals surface area contributed by atoms with Gasteiger partial charge in [-0.2, -0.15) is 5.10 Å². The zero-order valence-electron chi connectivity index (χ0n) is 15.2. The van der Waals surface area contributed by atoms with Crippen LogP contribution in [0.15, 0.2) is 17.4 Å². The zero-order valence-corrected chi connectivity index (χ0v) is 17.5. The first-order valence-corrected chi connectivity index (χ1v) is 9.02. The van der Waals surface area contributed by atoms with E-state index in [-0.39, 0.29) is 36.2 Å². The van der Waals surface area contributed by atoms with Gasteiger partial charge in [-0.15, -0.1) is 24.0 Å². The molecule has 2 saturated heterocycles. The normalized spacial score (nSPS) is 24.2. The third kappa shape index (κ3) is 5.82. The van der Waals surface area contributed by atoms with E-state index in [1.54, 1.807) is 0 Å². The summed E-state index contributed by atoms with van der Waals surface area (Å²) in [6.07, 6.45) is 6.56. The second-order valence-electron chi connectivity index (χ2n) is 6.42. The van der Waals surface area contributed by atoms with E-state index in [9.17, 15) is 0 Å². The van der Waals surface area contributed by atoms with Crippen LogP contribution < -0.4 is 5.32 Å². The van der Waals surface area contributed by atoms with E-state index in [0.29, 0.717) is 6.54 Å². The Balaban J connectivity index is 0.00000225. The molecule has 2 aliphatic rings. The minimum absolute atomic E-state index is 0. The molecule has 142 valence electrons. The number of aromatic nitrogens is 2. The lowest BCUT2D eigenvalue weighted by Crippen LogP contribution is -2.53. The highest BCUT2D eigenvalue weighted by Gasteiger charge is 2.32. The molecule has 8 heteroatoms. The Kier molecular flexibility index (Phi) is 8.44. The van der Waals surface area contributed by atoms with Gasteiger partial charge < -0.3 is 19.7 Å². The van der Waals surface area contributed by atoms with Crippen LogP contribution in [-0.4, -0.2) is 72.2 Å². The molecule has 0 amide bonds. The van der Waals surface area contributed by atoms with E-state index in [0.717, 1.165) is 58.2 Å². The smallest absolute Gasteiger partial charge is 0.194 e. The second kappa shape index (κ2) is 10.3. The fourth-order valence-electron chi connectivity index (χ4n) is 3.26. The molecule has 1 aromatic heterocycles. The molecule has 0 aromatic carbocycles. The van der Waals surface area contributed by atoms with Crippen LogP contribution in [0.25, 0.3) is 0 Å². The lowest BCUT2D eigenvalue weighted by Gasteiger charge is -2.37. The van der Waals surface area contributed by atoms with Crippen LogP contribution in [0.5, 0.6) is 0 Å². The molecule has 2 atom stereocenters. The molecule has 1 N–H and O–H groups in total.